The fourth-order valence-corrected chi connectivity index (χ4v) is 2.11. The van der Waals surface area contributed by atoms with E-state index >= 15 is 0 Å². The molecule has 0 spiro atoms. The lowest BCUT2D eigenvalue weighted by molar-refractivity contribution is -0.135. The van der Waals surface area contributed by atoms with Gasteiger partial charge in [-0.3, -0.25) is 15.0 Å². The van der Waals surface area contributed by atoms with E-state index in [2.05, 4.69) is 40.7 Å². The molecule has 0 saturated carbocycles. The number of thiol groups is 2. The lowest BCUT2D eigenvalue weighted by Gasteiger charge is -2.18. The fourth-order valence-electron chi connectivity index (χ4n) is 1.74. The van der Waals surface area contributed by atoms with E-state index in [9.17, 15) is 14.9 Å². The average Bonchev–Trinajstić information content (AvgIpc) is 2.72. The zero-order valence-corrected chi connectivity index (χ0v) is 12.8. The van der Waals surface area contributed by atoms with Gasteiger partial charge in [0.2, 0.25) is 0 Å². The second kappa shape index (κ2) is 6.15. The molecule has 2 heterocycles. The van der Waals surface area contributed by atoms with Gasteiger partial charge in [0, 0.05) is 17.4 Å². The first-order valence-electron chi connectivity index (χ1n) is 5.86. The average molecular weight is 321 g/mol. The van der Waals surface area contributed by atoms with Gasteiger partial charge >= 0.3 is 0 Å². The van der Waals surface area contributed by atoms with Crippen LogP contribution in [0.15, 0.2) is 11.6 Å². The zero-order valence-electron chi connectivity index (χ0n) is 11.0. The number of anilines is 1. The maximum Gasteiger partial charge on any atom is 0.275 e. The van der Waals surface area contributed by atoms with E-state index in [1.807, 2.05) is 6.07 Å². The van der Waals surface area contributed by atoms with E-state index in [1.165, 1.54) is 13.0 Å². The smallest absolute Gasteiger partial charge is 0.270 e. The lowest BCUT2D eigenvalue weighted by atomic mass is 10.2. The van der Waals surface area contributed by atoms with Crippen molar-refractivity contribution in [3.8, 4) is 6.07 Å². The quantitative estimate of drug-likeness (QED) is 0.562. The van der Waals surface area contributed by atoms with Crippen LogP contribution in [0.5, 0.6) is 0 Å². The van der Waals surface area contributed by atoms with E-state index < -0.39 is 11.8 Å². The summed E-state index contributed by atoms with van der Waals surface area (Å²) in [5.41, 5.74) is 3.44. The molecule has 108 valence electrons. The van der Waals surface area contributed by atoms with Crippen LogP contribution in [0.2, 0.25) is 0 Å². The molecule has 1 N–H and O–H groups in total. The largest absolute Gasteiger partial charge is 0.275 e. The Hall–Kier alpha value is -2.05. The molecule has 0 aliphatic carbocycles. The number of hydrogen-bond acceptors (Lipinski definition) is 8. The van der Waals surface area contributed by atoms with Crippen molar-refractivity contribution in [1.29, 1.82) is 5.26 Å². The van der Waals surface area contributed by atoms with E-state index in [0.717, 1.165) is 5.01 Å². The Balaban J connectivity index is 2.43. The van der Waals surface area contributed by atoms with Gasteiger partial charge in [0.1, 0.15) is 17.5 Å². The van der Waals surface area contributed by atoms with E-state index in [0.29, 0.717) is 17.1 Å². The van der Waals surface area contributed by atoms with Gasteiger partial charge in [-0.2, -0.15) is 35.5 Å². The van der Waals surface area contributed by atoms with Gasteiger partial charge in [0.05, 0.1) is 11.4 Å². The molecule has 9 heteroatoms. The highest BCUT2D eigenvalue weighted by Gasteiger charge is 2.30. The Morgan fingerprint density at radius 1 is 1.33 bits per heavy atom. The van der Waals surface area contributed by atoms with Gasteiger partial charge in [-0.15, -0.1) is 0 Å². The maximum atomic E-state index is 11.8. The van der Waals surface area contributed by atoms with Gasteiger partial charge < -0.3 is 0 Å². The monoisotopic (exact) mass is 321 g/mol. The number of amides is 2. The summed E-state index contributed by atoms with van der Waals surface area (Å²) in [6.45, 7) is 1.53. The molecular formula is C12H11N5O2S2. The van der Waals surface area contributed by atoms with Crippen molar-refractivity contribution >= 4 is 42.9 Å². The molecule has 0 atom stereocenters. The Kier molecular flexibility index (Phi) is 4.50. The van der Waals surface area contributed by atoms with Gasteiger partial charge in [-0.25, -0.2) is 9.97 Å². The summed E-state index contributed by atoms with van der Waals surface area (Å²) in [4.78, 5) is 31.8. The first-order chi connectivity index (χ1) is 10.0. The minimum absolute atomic E-state index is 0.0883. The summed E-state index contributed by atoms with van der Waals surface area (Å²) in [5, 5.41) is 10.0. The highest BCUT2D eigenvalue weighted by atomic mass is 32.1. The van der Waals surface area contributed by atoms with Crippen LogP contribution < -0.4 is 5.43 Å². The number of imide groups is 1. The molecule has 0 fully saturated rings. The molecule has 0 saturated heterocycles. The van der Waals surface area contributed by atoms with E-state index in [4.69, 9.17) is 0 Å². The molecule has 1 aromatic rings. The number of nitrogens with zero attached hydrogens (tertiary/aromatic N) is 4. The molecule has 0 bridgehead atoms. The standard InChI is InChI=1S/C12H11N5O2S2/c1-6-2-10(18)17(12(6)19)16-11-7(3-13)8(4-20)14-9(5-21)15-11/h2,20-21H,4-5H2,1H3,(H,14,15,16). The van der Waals surface area contributed by atoms with Crippen LogP contribution in [0.4, 0.5) is 5.82 Å². The normalized spacial score (nSPS) is 14.2. The molecule has 2 amide bonds. The summed E-state index contributed by atoms with van der Waals surface area (Å²) in [6.07, 6.45) is 1.21. The van der Waals surface area contributed by atoms with Crippen molar-refractivity contribution in [3.05, 3.63) is 28.7 Å². The molecule has 21 heavy (non-hydrogen) atoms. The molecule has 0 aromatic carbocycles. The van der Waals surface area contributed by atoms with Crippen LogP contribution in [0.25, 0.3) is 0 Å². The van der Waals surface area contributed by atoms with Crippen LogP contribution in [-0.4, -0.2) is 26.8 Å². The minimum Gasteiger partial charge on any atom is -0.270 e. The number of hydrazine groups is 1. The van der Waals surface area contributed by atoms with Crippen LogP contribution in [0.3, 0.4) is 0 Å². The number of aromatic nitrogens is 2. The molecule has 7 nitrogen and oxygen atoms in total. The third kappa shape index (κ3) is 2.86. The topological polar surface area (TPSA) is 99.0 Å². The van der Waals surface area contributed by atoms with Crippen molar-refractivity contribution in [1.82, 2.24) is 15.0 Å². The molecule has 1 aliphatic heterocycles. The summed E-state index contributed by atoms with van der Waals surface area (Å²) in [7, 11) is 0. The fraction of sp³-hybridized carbons (Fsp3) is 0.250. The molecule has 0 radical (unpaired) electrons. The Morgan fingerprint density at radius 2 is 2.05 bits per heavy atom. The maximum absolute atomic E-state index is 11.8. The Labute approximate surface area is 131 Å². The second-order valence-corrected chi connectivity index (χ2v) is 4.79. The molecule has 1 aliphatic rings. The molecule has 0 unspecified atom stereocenters. The van der Waals surface area contributed by atoms with E-state index in [1.54, 1.807) is 0 Å². The van der Waals surface area contributed by atoms with Gasteiger partial charge in [-0.1, -0.05) is 0 Å². The van der Waals surface area contributed by atoms with Gasteiger partial charge in [0.15, 0.2) is 5.82 Å². The van der Waals surface area contributed by atoms with Crippen LogP contribution in [0, 0.1) is 11.3 Å². The summed E-state index contributed by atoms with van der Waals surface area (Å²) in [6, 6.07) is 1.95. The number of rotatable bonds is 4. The van der Waals surface area contributed by atoms with Crippen LogP contribution in [-0.2, 0) is 21.1 Å². The number of nitrogens with one attached hydrogen (secondary N) is 1. The highest BCUT2D eigenvalue weighted by molar-refractivity contribution is 7.79. The number of carbonyl (C=O) groups is 2. The highest BCUT2D eigenvalue weighted by Crippen LogP contribution is 2.21. The van der Waals surface area contributed by atoms with Gasteiger partial charge in [-0.05, 0) is 6.92 Å². The lowest BCUT2D eigenvalue weighted by Crippen LogP contribution is -2.37. The third-order valence-corrected chi connectivity index (χ3v) is 3.33. The molecule has 2 rings (SSSR count). The number of hydrogen-bond donors (Lipinski definition) is 3. The SMILES string of the molecule is CC1=CC(=O)N(Nc2nc(CS)nc(CS)c2C#N)C1=O. The molecular weight excluding hydrogens is 310 g/mol. The van der Waals surface area contributed by atoms with Gasteiger partial charge in [0.25, 0.3) is 11.8 Å². The molecule has 1 aromatic heterocycles. The Bertz CT molecular complexity index is 696. The Morgan fingerprint density at radius 3 is 2.52 bits per heavy atom. The second-order valence-electron chi connectivity index (χ2n) is 4.16. The van der Waals surface area contributed by atoms with Crippen LogP contribution in [0.1, 0.15) is 24.0 Å². The van der Waals surface area contributed by atoms with Crippen molar-refractivity contribution in [2.45, 2.75) is 18.4 Å². The number of nitriles is 1. The summed E-state index contributed by atoms with van der Waals surface area (Å²) in [5.74, 6) is -0.0688. The summed E-state index contributed by atoms with van der Waals surface area (Å²) >= 11 is 8.20. The van der Waals surface area contributed by atoms with Crippen molar-refractivity contribution < 1.29 is 9.59 Å². The van der Waals surface area contributed by atoms with E-state index in [-0.39, 0.29) is 22.9 Å². The predicted molar refractivity (Wildman–Crippen MR) is 81.4 cm³/mol. The minimum atomic E-state index is -0.514. The number of carbonyl (C=O) groups excluding carboxylic acids is 2. The zero-order chi connectivity index (χ0) is 15.6. The van der Waals surface area contributed by atoms with Crippen LogP contribution >= 0.6 is 25.3 Å². The van der Waals surface area contributed by atoms with Crippen molar-refractivity contribution in [2.24, 2.45) is 0 Å². The van der Waals surface area contributed by atoms with Crippen molar-refractivity contribution in [2.75, 3.05) is 5.43 Å². The first-order valence-corrected chi connectivity index (χ1v) is 7.13. The summed E-state index contributed by atoms with van der Waals surface area (Å²) < 4.78 is 0. The van der Waals surface area contributed by atoms with Crippen molar-refractivity contribution in [3.63, 3.8) is 0 Å². The third-order valence-electron chi connectivity index (χ3n) is 2.75. The first kappa shape index (κ1) is 15.3. The predicted octanol–water partition coefficient (Wildman–Crippen LogP) is 0.850.